The van der Waals surface area contributed by atoms with E-state index in [1.165, 1.54) is 16.2 Å². The number of likely N-dealkylation sites (tertiary alicyclic amines) is 1. The number of H-pyrrole nitrogens is 2. The largest absolute Gasteiger partial charge is 0.490 e. The average molecular weight is 1280 g/mol. The number of nitrogens with two attached hydrogens (primary N) is 6. The number of aromatic amines is 2. The predicted octanol–water partition coefficient (Wildman–Crippen LogP) is 0.278. The van der Waals surface area contributed by atoms with Gasteiger partial charge in [-0.3, -0.25) is 48.3 Å². The molecular formula is C54H68F6N16O12S. The third-order valence-electron chi connectivity index (χ3n) is 13.3. The third kappa shape index (κ3) is 22.7. The molecule has 4 heterocycles. The molecule has 1 saturated heterocycles. The van der Waals surface area contributed by atoms with Gasteiger partial charge in [-0.25, -0.2) is 9.59 Å². The number of carboxylic acids is 2. The van der Waals surface area contributed by atoms with Crippen molar-refractivity contribution in [3.63, 3.8) is 0 Å². The zero-order valence-corrected chi connectivity index (χ0v) is 48.4. The van der Waals surface area contributed by atoms with Crippen LogP contribution in [0.25, 0.3) is 21.8 Å². The van der Waals surface area contributed by atoms with Crippen molar-refractivity contribution in [2.45, 2.75) is 119 Å². The Labute approximate surface area is 506 Å². The fourth-order valence-corrected chi connectivity index (χ4v) is 9.79. The Morgan fingerprint density at radius 1 is 0.674 bits per heavy atom. The van der Waals surface area contributed by atoms with Crippen LogP contribution in [0, 0.1) is 0 Å². The highest BCUT2D eigenvalue weighted by molar-refractivity contribution is 7.10. The zero-order chi connectivity index (χ0) is 66.4. The van der Waals surface area contributed by atoms with E-state index in [0.717, 1.165) is 32.2 Å². The van der Waals surface area contributed by atoms with E-state index in [0.29, 0.717) is 12.0 Å². The Morgan fingerprint density at radius 2 is 1.18 bits per heavy atom. The predicted molar refractivity (Wildman–Crippen MR) is 311 cm³/mol. The summed E-state index contributed by atoms with van der Waals surface area (Å²) in [5.74, 6) is -11.9. The summed E-state index contributed by atoms with van der Waals surface area (Å²) in [6, 6.07) is 12.1. The monoisotopic (exact) mass is 1280 g/mol. The third-order valence-corrected chi connectivity index (χ3v) is 14.2. The number of aliphatic carboxylic acids is 2. The van der Waals surface area contributed by atoms with Crippen molar-refractivity contribution in [1.29, 1.82) is 0 Å². The normalized spacial score (nSPS) is 14.9. The molecule has 8 amide bonds. The lowest BCUT2D eigenvalue weighted by molar-refractivity contribution is -0.193. The van der Waals surface area contributed by atoms with Crippen molar-refractivity contribution in [3.05, 3.63) is 94.4 Å². The van der Waals surface area contributed by atoms with E-state index in [-0.39, 0.29) is 82.9 Å². The maximum absolute atomic E-state index is 15.0. The maximum Gasteiger partial charge on any atom is 0.490 e. The highest BCUT2D eigenvalue weighted by Gasteiger charge is 2.43. The van der Waals surface area contributed by atoms with Crippen LogP contribution in [0.4, 0.5) is 26.3 Å². The molecule has 1 aliphatic heterocycles. The molecule has 89 heavy (non-hydrogen) atoms. The molecule has 0 unspecified atom stereocenters. The van der Waals surface area contributed by atoms with Crippen molar-refractivity contribution < 1.29 is 84.5 Å². The van der Waals surface area contributed by atoms with Gasteiger partial charge in [0.1, 0.15) is 35.7 Å². The molecule has 1 fully saturated rings. The van der Waals surface area contributed by atoms with Crippen molar-refractivity contribution in [2.24, 2.45) is 44.4 Å². The van der Waals surface area contributed by atoms with Crippen molar-refractivity contribution in [2.75, 3.05) is 19.6 Å². The average Bonchev–Trinajstić information content (AvgIpc) is 1.89. The van der Waals surface area contributed by atoms with E-state index in [1.54, 1.807) is 19.3 Å². The van der Waals surface area contributed by atoms with Crippen LogP contribution in [-0.2, 0) is 67.2 Å². The first kappa shape index (κ1) is 71.5. The van der Waals surface area contributed by atoms with Crippen LogP contribution < -0.4 is 61.0 Å². The molecule has 0 aliphatic carbocycles. The van der Waals surface area contributed by atoms with E-state index in [2.05, 4.69) is 46.5 Å². The molecule has 0 bridgehead atoms. The summed E-state index contributed by atoms with van der Waals surface area (Å²) in [5.41, 5.74) is 34.3. The van der Waals surface area contributed by atoms with E-state index < -0.39 is 114 Å². The number of carbonyl (C=O) groups excluding carboxylic acids is 8. The minimum atomic E-state index is -5.08. The van der Waals surface area contributed by atoms with Crippen LogP contribution in [-0.4, -0.2) is 164 Å². The van der Waals surface area contributed by atoms with E-state index in [4.69, 9.17) is 54.2 Å². The van der Waals surface area contributed by atoms with Gasteiger partial charge in [0.15, 0.2) is 11.9 Å². The summed E-state index contributed by atoms with van der Waals surface area (Å²) in [7, 11) is 0. The molecule has 5 aromatic rings. The van der Waals surface area contributed by atoms with Crippen LogP contribution >= 0.6 is 11.3 Å². The second kappa shape index (κ2) is 32.7. The molecule has 35 heteroatoms. The summed E-state index contributed by atoms with van der Waals surface area (Å²) >= 11 is 1.40. The SMILES string of the molecule is C[C@@](Cc1c[nH]c2ccccc12)(NC(=O)Cc1cccs1)C(=O)N[C@@H](Cc1c[nH]c2ccccc12)C(=O)N[C@@H](CCCN=C(N)N)C(=O)N1CCC[C@H]1C(=O)N[C@@H](CCCN=C(N)N)C(=O)N[C@@H](CC(N)=O)C(N)=O.O=C(O)C(F)(F)F.O=C(O)C(F)(F)F. The van der Waals surface area contributed by atoms with Crippen LogP contribution in [0.1, 0.15) is 67.9 Å². The number of fused-ring (bicyclic) bond motifs is 2. The summed E-state index contributed by atoms with van der Waals surface area (Å²) < 4.78 is 63.5. The van der Waals surface area contributed by atoms with Gasteiger partial charge in [-0.15, -0.1) is 11.3 Å². The fourth-order valence-electron chi connectivity index (χ4n) is 9.08. The Bertz CT molecular complexity index is 3340. The highest BCUT2D eigenvalue weighted by atomic mass is 32.1. The standard InChI is InChI=1S/C50H66N16O8S.2C2HF3O2/c1-50(65-41(68)23-30-10-9-21-75-30,25-29-27-60-34-14-5-3-12-32(29)34)47(74)64-38(22-28-26-59-33-13-4-2-11-31(28)33)44(71)62-36(16-7-19-58-49(55)56)46(73)66-20-8-17-39(66)45(72)61-35(15-6-18-57-48(53)54)43(70)63-37(42(52)69)24-40(51)67;2*3-2(4,5)1(6)7/h2-5,9-14,21,26-27,35-39,59-60H,6-8,15-20,22-25H2,1H3,(H2,51,67)(H2,52,69)(H,61,72)(H,62,71)(H,63,70)(H,64,74)(H,65,68)(H4,53,54,57)(H4,55,56,58);2*(H,6,7)/t35-,36-,37-,38-,39-,50-;;/m0../s1. The fraction of sp³-hybridized carbons (Fsp3) is 0.407. The molecule has 2 aromatic carbocycles. The number of carboxylic acid groups (broad SMARTS) is 2. The van der Waals surface area contributed by atoms with Gasteiger partial charge in [0.2, 0.25) is 47.3 Å². The minimum Gasteiger partial charge on any atom is -0.475 e. The van der Waals surface area contributed by atoms with Gasteiger partial charge in [-0.05, 0) is 80.2 Å². The lowest BCUT2D eigenvalue weighted by Gasteiger charge is -2.33. The van der Waals surface area contributed by atoms with Crippen molar-refractivity contribution in [1.82, 2.24) is 41.5 Å². The van der Waals surface area contributed by atoms with E-state index >= 15 is 4.79 Å². The smallest absolute Gasteiger partial charge is 0.475 e. The number of hydrogen-bond donors (Lipinski definition) is 15. The first-order valence-corrected chi connectivity index (χ1v) is 27.8. The summed E-state index contributed by atoms with van der Waals surface area (Å²) in [6.07, 6.45) is -6.40. The number of nitrogens with zero attached hydrogens (tertiary/aromatic N) is 3. The van der Waals surface area contributed by atoms with Crippen LogP contribution in [0.3, 0.4) is 0 Å². The molecule has 21 N–H and O–H groups in total. The van der Waals surface area contributed by atoms with Crippen LogP contribution in [0.5, 0.6) is 0 Å². The summed E-state index contributed by atoms with van der Waals surface area (Å²) in [6.45, 7) is 1.85. The topological polar surface area (TPSA) is 487 Å². The Hall–Kier alpha value is -9.96. The number of halogens is 6. The molecule has 1 aliphatic rings. The maximum atomic E-state index is 15.0. The second-order valence-electron chi connectivity index (χ2n) is 20.2. The molecule has 0 saturated carbocycles. The van der Waals surface area contributed by atoms with Crippen LogP contribution in [0.15, 0.2) is 88.4 Å². The molecule has 0 spiro atoms. The van der Waals surface area contributed by atoms with Crippen LogP contribution in [0.2, 0.25) is 0 Å². The minimum absolute atomic E-state index is 0.00678. The van der Waals surface area contributed by atoms with Gasteiger partial charge in [0, 0.05) is 71.6 Å². The molecule has 0 radical (unpaired) electrons. The molecule has 6 rings (SSSR count). The quantitative estimate of drug-likeness (QED) is 0.0145. The lowest BCUT2D eigenvalue weighted by atomic mass is 9.90. The number of thiophene rings is 1. The number of rotatable bonds is 27. The number of aliphatic imine (C=N–C) groups is 2. The molecule has 6 atom stereocenters. The molecule has 3 aromatic heterocycles. The van der Waals surface area contributed by atoms with Gasteiger partial charge >= 0.3 is 24.3 Å². The number of para-hydroxylation sites is 2. The number of benzene rings is 2. The summed E-state index contributed by atoms with van der Waals surface area (Å²) in [4.78, 5) is 145. The zero-order valence-electron chi connectivity index (χ0n) is 47.5. The van der Waals surface area contributed by atoms with E-state index in [1.807, 2.05) is 66.0 Å². The van der Waals surface area contributed by atoms with Gasteiger partial charge in [-0.2, -0.15) is 26.3 Å². The van der Waals surface area contributed by atoms with Gasteiger partial charge in [0.25, 0.3) is 0 Å². The van der Waals surface area contributed by atoms with E-state index in [9.17, 15) is 59.9 Å². The number of hydrogen-bond acceptors (Lipinski definition) is 13. The first-order valence-electron chi connectivity index (χ1n) is 26.9. The Morgan fingerprint density at radius 3 is 1.69 bits per heavy atom. The van der Waals surface area contributed by atoms with Crippen molar-refractivity contribution >= 4 is 104 Å². The second-order valence-corrected chi connectivity index (χ2v) is 21.2. The number of guanidine groups is 2. The lowest BCUT2D eigenvalue weighted by Crippen LogP contribution is -2.63. The Kier molecular flexibility index (Phi) is 26.3. The highest BCUT2D eigenvalue weighted by Crippen LogP contribution is 2.26. The number of alkyl halides is 6. The number of amides is 8. The number of nitrogens with one attached hydrogen (secondary N) is 7. The van der Waals surface area contributed by atoms with Gasteiger partial charge in [-0.1, -0.05) is 42.5 Å². The molecular weight excluding hydrogens is 1210 g/mol. The summed E-state index contributed by atoms with van der Waals surface area (Å²) in [5, 5.41) is 31.6. The number of carbonyl (C=O) groups is 10. The Balaban J connectivity index is 0.00000108. The van der Waals surface area contributed by atoms with Gasteiger partial charge in [0.05, 0.1) is 12.8 Å². The first-order chi connectivity index (χ1) is 41.7. The number of primary amides is 2. The number of aromatic nitrogens is 2. The van der Waals surface area contributed by atoms with Gasteiger partial charge < -0.3 is 86.1 Å². The molecule has 28 nitrogen and oxygen atoms in total. The molecule has 484 valence electrons. The van der Waals surface area contributed by atoms with Crippen molar-refractivity contribution in [3.8, 4) is 0 Å².